The van der Waals surface area contributed by atoms with Crippen molar-refractivity contribution in [2.24, 2.45) is 0 Å². The minimum absolute atomic E-state index is 0.250. The van der Waals surface area contributed by atoms with Gasteiger partial charge in [0.2, 0.25) is 0 Å². The van der Waals surface area contributed by atoms with Gasteiger partial charge in [0.15, 0.2) is 0 Å². The Bertz CT molecular complexity index is 975. The number of benzene rings is 2. The van der Waals surface area contributed by atoms with Crippen LogP contribution < -0.4 is 4.90 Å². The number of anilines is 1. The topological polar surface area (TPSA) is 37.2 Å². The summed E-state index contributed by atoms with van der Waals surface area (Å²) >= 11 is 0. The molecule has 3 aromatic rings. The van der Waals surface area contributed by atoms with Crippen molar-refractivity contribution in [3.8, 4) is 11.3 Å². The fraction of sp³-hybridized carbons (Fsp3) is 0.417. The van der Waals surface area contributed by atoms with Crippen LogP contribution in [0.4, 0.5) is 10.1 Å². The van der Waals surface area contributed by atoms with Crippen LogP contribution in [0.15, 0.2) is 48.7 Å². The number of halogens is 1. The quantitative estimate of drug-likeness (QED) is 0.547. The Morgan fingerprint density at radius 3 is 2.50 bits per heavy atom. The molecule has 2 aromatic carbocycles. The summed E-state index contributed by atoms with van der Waals surface area (Å²) in [7, 11) is 0. The highest BCUT2D eigenvalue weighted by Gasteiger charge is 2.18. The molecule has 0 radical (unpaired) electrons. The number of hydrogen-bond acceptors (Lipinski definition) is 4. The lowest BCUT2D eigenvalue weighted by atomic mass is 10.1. The molecular weight excluding hydrogens is 377 g/mol. The molecule has 0 amide bonds. The maximum atomic E-state index is 13.4. The average molecular weight is 408 g/mol. The number of nitrogens with zero attached hydrogens (tertiary/aromatic N) is 5. The average Bonchev–Trinajstić information content (AvgIpc) is 3.21. The van der Waals surface area contributed by atoms with E-state index in [4.69, 9.17) is 0 Å². The van der Waals surface area contributed by atoms with E-state index < -0.39 is 0 Å². The van der Waals surface area contributed by atoms with Gasteiger partial charge in [-0.3, -0.25) is 9.58 Å². The maximum absolute atomic E-state index is 13.4. The van der Waals surface area contributed by atoms with Gasteiger partial charge >= 0.3 is 0 Å². The van der Waals surface area contributed by atoms with Crippen LogP contribution in [0.5, 0.6) is 0 Å². The molecule has 1 aliphatic heterocycles. The van der Waals surface area contributed by atoms with Crippen molar-refractivity contribution in [3.63, 3.8) is 0 Å². The Morgan fingerprint density at radius 1 is 0.933 bits per heavy atom. The van der Waals surface area contributed by atoms with Crippen molar-refractivity contribution in [2.75, 3.05) is 37.6 Å². The smallest absolute Gasteiger partial charge is 0.123 e. The Balaban J connectivity index is 1.19. The van der Waals surface area contributed by atoms with Gasteiger partial charge in [-0.05, 0) is 57.0 Å². The molecule has 5 nitrogen and oxygen atoms in total. The van der Waals surface area contributed by atoms with Crippen LogP contribution in [0, 0.1) is 19.7 Å². The van der Waals surface area contributed by atoms with Crippen molar-refractivity contribution < 1.29 is 4.39 Å². The second-order valence-electron chi connectivity index (χ2n) is 8.20. The molecule has 30 heavy (non-hydrogen) atoms. The van der Waals surface area contributed by atoms with Crippen LogP contribution in [0.1, 0.15) is 24.0 Å². The van der Waals surface area contributed by atoms with Crippen molar-refractivity contribution >= 4 is 5.69 Å². The first-order chi connectivity index (χ1) is 14.6. The van der Waals surface area contributed by atoms with E-state index in [2.05, 4.69) is 52.2 Å². The van der Waals surface area contributed by atoms with Gasteiger partial charge in [0.1, 0.15) is 11.5 Å². The van der Waals surface area contributed by atoms with E-state index >= 15 is 0 Å². The van der Waals surface area contributed by atoms with E-state index in [9.17, 15) is 4.39 Å². The third kappa shape index (κ3) is 5.05. The molecule has 0 N–H and O–H groups in total. The molecule has 0 atom stereocenters. The van der Waals surface area contributed by atoms with E-state index in [1.165, 1.54) is 28.9 Å². The normalized spacial score (nSPS) is 15.0. The summed E-state index contributed by atoms with van der Waals surface area (Å²) in [6.07, 6.45) is 4.10. The van der Waals surface area contributed by atoms with Crippen molar-refractivity contribution in [3.05, 3.63) is 65.6 Å². The van der Waals surface area contributed by atoms with Crippen molar-refractivity contribution in [2.45, 2.75) is 33.2 Å². The predicted octanol–water partition coefficient (Wildman–Crippen LogP) is 4.30. The lowest BCUT2D eigenvalue weighted by Gasteiger charge is -2.37. The van der Waals surface area contributed by atoms with Crippen LogP contribution in [0.2, 0.25) is 0 Å². The molecule has 158 valence electrons. The molecule has 0 bridgehead atoms. The van der Waals surface area contributed by atoms with Gasteiger partial charge < -0.3 is 4.90 Å². The summed E-state index contributed by atoms with van der Waals surface area (Å²) in [6, 6.07) is 13.2. The minimum Gasteiger partial charge on any atom is -0.369 e. The summed E-state index contributed by atoms with van der Waals surface area (Å²) in [5.41, 5.74) is 5.56. The highest BCUT2D eigenvalue weighted by molar-refractivity contribution is 5.57. The summed E-state index contributed by atoms with van der Waals surface area (Å²) < 4.78 is 15.2. The van der Waals surface area contributed by atoms with E-state index in [1.54, 1.807) is 6.07 Å². The largest absolute Gasteiger partial charge is 0.369 e. The summed E-state index contributed by atoms with van der Waals surface area (Å²) in [4.78, 5) is 5.06. The summed E-state index contributed by atoms with van der Waals surface area (Å²) in [6.45, 7) is 10.7. The van der Waals surface area contributed by atoms with E-state index in [1.807, 2.05) is 16.9 Å². The fourth-order valence-corrected chi connectivity index (χ4v) is 4.17. The van der Waals surface area contributed by atoms with Crippen molar-refractivity contribution in [1.29, 1.82) is 0 Å². The number of aryl methyl sites for hydroxylation is 3. The zero-order valence-corrected chi connectivity index (χ0v) is 17.9. The minimum atomic E-state index is -0.250. The van der Waals surface area contributed by atoms with Crippen LogP contribution in [-0.2, 0) is 6.54 Å². The molecule has 1 saturated heterocycles. The summed E-state index contributed by atoms with van der Waals surface area (Å²) in [5, 5.41) is 8.36. The number of unbranched alkanes of at least 4 members (excludes halogenated alkanes) is 1. The molecular formula is C24H30FN5. The fourth-order valence-electron chi connectivity index (χ4n) is 4.17. The lowest BCUT2D eigenvalue weighted by molar-refractivity contribution is 0.250. The molecule has 6 heteroatoms. The molecule has 1 aromatic heterocycles. The van der Waals surface area contributed by atoms with E-state index in [-0.39, 0.29) is 5.82 Å². The first-order valence-electron chi connectivity index (χ1n) is 10.8. The van der Waals surface area contributed by atoms with E-state index in [0.717, 1.165) is 63.4 Å². The van der Waals surface area contributed by atoms with Crippen LogP contribution >= 0.6 is 0 Å². The molecule has 2 heterocycles. The maximum Gasteiger partial charge on any atom is 0.123 e. The standard InChI is InChI=1S/C24H30FN5/c1-19-8-9-24(20(2)16-19)29-14-12-28(13-15-29)10-3-4-11-30-18-23(26-27-30)21-6-5-7-22(25)17-21/h5-9,16-18H,3-4,10-15H2,1-2H3. The van der Waals surface area contributed by atoms with Crippen LogP contribution in [-0.4, -0.2) is 52.6 Å². The van der Waals surface area contributed by atoms with Crippen LogP contribution in [0.25, 0.3) is 11.3 Å². The highest BCUT2D eigenvalue weighted by Crippen LogP contribution is 2.22. The lowest BCUT2D eigenvalue weighted by Crippen LogP contribution is -2.46. The van der Waals surface area contributed by atoms with Gasteiger partial charge in [-0.15, -0.1) is 5.10 Å². The number of aromatic nitrogens is 3. The molecule has 0 saturated carbocycles. The first kappa shape index (κ1) is 20.5. The molecule has 0 unspecified atom stereocenters. The Hall–Kier alpha value is -2.73. The first-order valence-corrected chi connectivity index (χ1v) is 10.8. The number of rotatable bonds is 7. The molecule has 4 rings (SSSR count). The van der Waals surface area contributed by atoms with Crippen LogP contribution in [0.3, 0.4) is 0 Å². The molecule has 0 aliphatic carbocycles. The van der Waals surface area contributed by atoms with Crippen molar-refractivity contribution in [1.82, 2.24) is 19.9 Å². The number of piperazine rings is 1. The zero-order chi connectivity index (χ0) is 20.9. The molecule has 1 fully saturated rings. The molecule has 0 spiro atoms. The Kier molecular flexibility index (Phi) is 6.43. The SMILES string of the molecule is Cc1ccc(N2CCN(CCCCn3cc(-c4cccc(F)c4)nn3)CC2)c(C)c1. The number of hydrogen-bond donors (Lipinski definition) is 0. The second kappa shape index (κ2) is 9.39. The van der Waals surface area contributed by atoms with Gasteiger partial charge in [0.05, 0.1) is 6.20 Å². The monoisotopic (exact) mass is 407 g/mol. The second-order valence-corrected chi connectivity index (χ2v) is 8.20. The highest BCUT2D eigenvalue weighted by atomic mass is 19.1. The molecule has 1 aliphatic rings. The summed E-state index contributed by atoms with van der Waals surface area (Å²) in [5.74, 6) is -0.250. The Morgan fingerprint density at radius 2 is 1.73 bits per heavy atom. The van der Waals surface area contributed by atoms with Gasteiger partial charge in [0.25, 0.3) is 0 Å². The van der Waals surface area contributed by atoms with Gasteiger partial charge in [-0.25, -0.2) is 4.39 Å². The van der Waals surface area contributed by atoms with E-state index in [0.29, 0.717) is 0 Å². The van der Waals surface area contributed by atoms with Gasteiger partial charge in [-0.2, -0.15) is 0 Å². The van der Waals surface area contributed by atoms with Gasteiger partial charge in [0, 0.05) is 44.0 Å². The van der Waals surface area contributed by atoms with Gasteiger partial charge in [-0.1, -0.05) is 35.0 Å². The zero-order valence-electron chi connectivity index (χ0n) is 17.9. The predicted molar refractivity (Wildman–Crippen MR) is 119 cm³/mol. The third-order valence-corrected chi connectivity index (χ3v) is 5.84. The third-order valence-electron chi connectivity index (χ3n) is 5.84. The Labute approximate surface area is 178 Å².